The molecule has 1 unspecified atom stereocenters. The van der Waals surface area contributed by atoms with Crippen LogP contribution in [0, 0.1) is 12.8 Å². The van der Waals surface area contributed by atoms with Crippen molar-refractivity contribution < 1.29 is 0 Å². The summed E-state index contributed by atoms with van der Waals surface area (Å²) in [6.07, 6.45) is 2.44. The van der Waals surface area contributed by atoms with Crippen molar-refractivity contribution in [3.8, 4) is 0 Å². The Hall–Kier alpha value is -1.16. The molecule has 1 aromatic rings. The third-order valence-corrected chi connectivity index (χ3v) is 3.84. The van der Waals surface area contributed by atoms with Crippen LogP contribution in [0.25, 0.3) is 0 Å². The lowest BCUT2D eigenvalue weighted by Gasteiger charge is -2.30. The van der Waals surface area contributed by atoms with E-state index in [0.717, 1.165) is 23.6 Å². The number of aryl methyl sites for hydroxylation is 1. The quantitative estimate of drug-likeness (QED) is 0.851. The van der Waals surface area contributed by atoms with Gasteiger partial charge >= 0.3 is 0 Å². The van der Waals surface area contributed by atoms with Gasteiger partial charge in [0.15, 0.2) is 0 Å². The summed E-state index contributed by atoms with van der Waals surface area (Å²) in [6.45, 7) is 7.58. The van der Waals surface area contributed by atoms with Gasteiger partial charge < -0.3 is 10.6 Å². The monoisotopic (exact) mass is 263 g/mol. The number of nitrogens with two attached hydrogens (primary N) is 1. The molecule has 18 heavy (non-hydrogen) atoms. The molecule has 0 amide bonds. The standard InChI is InChI=1S/C14H21N3S/c1-9(2)12-5-4-8-17(12)14-11(13(15)18)7-6-10(3)16-14/h6-7,9,12H,4-5,8H2,1-3H3,(H2,15,18). The summed E-state index contributed by atoms with van der Waals surface area (Å²) in [5, 5.41) is 0. The first-order valence-electron chi connectivity index (χ1n) is 6.55. The molecule has 0 saturated carbocycles. The molecule has 2 rings (SSSR count). The number of hydrogen-bond acceptors (Lipinski definition) is 3. The highest BCUT2D eigenvalue weighted by Gasteiger charge is 2.29. The second-order valence-electron chi connectivity index (χ2n) is 5.34. The van der Waals surface area contributed by atoms with E-state index in [2.05, 4.69) is 23.7 Å². The van der Waals surface area contributed by atoms with Crippen LogP contribution in [0.3, 0.4) is 0 Å². The summed E-state index contributed by atoms with van der Waals surface area (Å²) in [5.74, 6) is 1.59. The Morgan fingerprint density at radius 1 is 1.50 bits per heavy atom. The Morgan fingerprint density at radius 3 is 2.83 bits per heavy atom. The fourth-order valence-electron chi connectivity index (χ4n) is 2.70. The number of rotatable bonds is 3. The zero-order valence-electron chi connectivity index (χ0n) is 11.3. The van der Waals surface area contributed by atoms with Crippen molar-refractivity contribution in [1.29, 1.82) is 0 Å². The summed E-state index contributed by atoms with van der Waals surface area (Å²) in [6, 6.07) is 4.51. The van der Waals surface area contributed by atoms with Gasteiger partial charge in [0.1, 0.15) is 10.8 Å². The summed E-state index contributed by atoms with van der Waals surface area (Å²) in [7, 11) is 0. The second-order valence-corrected chi connectivity index (χ2v) is 5.77. The Labute approximate surface area is 114 Å². The van der Waals surface area contributed by atoms with Crippen molar-refractivity contribution in [1.82, 2.24) is 4.98 Å². The molecule has 1 fully saturated rings. The van der Waals surface area contributed by atoms with E-state index in [1.807, 2.05) is 19.1 Å². The number of aromatic nitrogens is 1. The fourth-order valence-corrected chi connectivity index (χ4v) is 2.86. The van der Waals surface area contributed by atoms with Gasteiger partial charge in [-0.3, -0.25) is 0 Å². The van der Waals surface area contributed by atoms with Crippen molar-refractivity contribution in [3.63, 3.8) is 0 Å². The molecule has 3 nitrogen and oxygen atoms in total. The average Bonchev–Trinajstić information content (AvgIpc) is 2.77. The van der Waals surface area contributed by atoms with Gasteiger partial charge in [0.05, 0.1) is 5.56 Å². The van der Waals surface area contributed by atoms with Crippen LogP contribution in [0.5, 0.6) is 0 Å². The molecule has 0 spiro atoms. The minimum absolute atomic E-state index is 0.437. The van der Waals surface area contributed by atoms with E-state index in [-0.39, 0.29) is 0 Å². The molecule has 0 radical (unpaired) electrons. The lowest BCUT2D eigenvalue weighted by Crippen LogP contribution is -2.35. The molecule has 1 saturated heterocycles. The van der Waals surface area contributed by atoms with E-state index in [1.165, 1.54) is 12.8 Å². The van der Waals surface area contributed by atoms with Gasteiger partial charge in [0, 0.05) is 18.3 Å². The number of anilines is 1. The molecule has 0 bridgehead atoms. The van der Waals surface area contributed by atoms with Gasteiger partial charge in [-0.2, -0.15) is 0 Å². The molecular formula is C14H21N3S. The molecule has 1 atom stereocenters. The summed E-state index contributed by atoms with van der Waals surface area (Å²) in [5.41, 5.74) is 7.74. The smallest absolute Gasteiger partial charge is 0.139 e. The normalized spacial score (nSPS) is 19.6. The third-order valence-electron chi connectivity index (χ3n) is 3.62. The summed E-state index contributed by atoms with van der Waals surface area (Å²) in [4.78, 5) is 7.49. The van der Waals surface area contributed by atoms with Gasteiger partial charge in [0.2, 0.25) is 0 Å². The van der Waals surface area contributed by atoms with Gasteiger partial charge in [-0.1, -0.05) is 26.1 Å². The molecular weight excluding hydrogens is 242 g/mol. The molecule has 1 aromatic heterocycles. The zero-order chi connectivity index (χ0) is 13.3. The SMILES string of the molecule is Cc1ccc(C(N)=S)c(N2CCCC2C(C)C)n1. The van der Waals surface area contributed by atoms with Crippen LogP contribution in [-0.4, -0.2) is 22.6 Å². The lowest BCUT2D eigenvalue weighted by atomic mass is 10.0. The predicted molar refractivity (Wildman–Crippen MR) is 80.1 cm³/mol. The van der Waals surface area contributed by atoms with Crippen molar-refractivity contribution in [2.45, 2.75) is 39.7 Å². The minimum atomic E-state index is 0.437. The maximum absolute atomic E-state index is 5.82. The van der Waals surface area contributed by atoms with Gasteiger partial charge in [-0.15, -0.1) is 0 Å². The van der Waals surface area contributed by atoms with E-state index < -0.39 is 0 Å². The van der Waals surface area contributed by atoms with E-state index in [9.17, 15) is 0 Å². The first-order valence-corrected chi connectivity index (χ1v) is 6.95. The largest absolute Gasteiger partial charge is 0.389 e. The third kappa shape index (κ3) is 2.48. The number of hydrogen-bond donors (Lipinski definition) is 1. The van der Waals surface area contributed by atoms with Crippen molar-refractivity contribution in [2.75, 3.05) is 11.4 Å². The molecule has 4 heteroatoms. The van der Waals surface area contributed by atoms with Gasteiger partial charge in [0.25, 0.3) is 0 Å². The topological polar surface area (TPSA) is 42.1 Å². The van der Waals surface area contributed by atoms with Gasteiger partial charge in [-0.25, -0.2) is 4.98 Å². The molecule has 1 aliphatic rings. The Kier molecular flexibility index (Phi) is 3.85. The molecule has 1 aliphatic heterocycles. The Balaban J connectivity index is 2.42. The number of pyridine rings is 1. The number of nitrogens with zero attached hydrogens (tertiary/aromatic N) is 2. The van der Waals surface area contributed by atoms with Crippen LogP contribution < -0.4 is 10.6 Å². The highest BCUT2D eigenvalue weighted by Crippen LogP contribution is 2.30. The van der Waals surface area contributed by atoms with Crippen LogP contribution in [0.2, 0.25) is 0 Å². The Bertz CT molecular complexity index is 456. The zero-order valence-corrected chi connectivity index (χ0v) is 12.1. The van der Waals surface area contributed by atoms with E-state index >= 15 is 0 Å². The predicted octanol–water partition coefficient (Wildman–Crippen LogP) is 2.65. The van der Waals surface area contributed by atoms with Crippen LogP contribution in [-0.2, 0) is 0 Å². The van der Waals surface area contributed by atoms with E-state index in [4.69, 9.17) is 18.0 Å². The molecule has 98 valence electrons. The first-order chi connectivity index (χ1) is 8.50. The first kappa shape index (κ1) is 13.3. The van der Waals surface area contributed by atoms with Crippen molar-refractivity contribution in [2.24, 2.45) is 11.7 Å². The summed E-state index contributed by atoms with van der Waals surface area (Å²) >= 11 is 5.14. The maximum Gasteiger partial charge on any atom is 0.139 e. The fraction of sp³-hybridized carbons (Fsp3) is 0.571. The molecule has 2 N–H and O–H groups in total. The van der Waals surface area contributed by atoms with Crippen molar-refractivity contribution >= 4 is 23.0 Å². The van der Waals surface area contributed by atoms with E-state index in [0.29, 0.717) is 16.9 Å². The number of thiocarbonyl (C=S) groups is 1. The van der Waals surface area contributed by atoms with Crippen LogP contribution in [0.1, 0.15) is 37.9 Å². The second kappa shape index (κ2) is 5.22. The minimum Gasteiger partial charge on any atom is -0.389 e. The maximum atomic E-state index is 5.82. The molecule has 2 heterocycles. The lowest BCUT2D eigenvalue weighted by molar-refractivity contribution is 0.489. The van der Waals surface area contributed by atoms with Crippen LogP contribution in [0.15, 0.2) is 12.1 Å². The highest BCUT2D eigenvalue weighted by molar-refractivity contribution is 7.80. The van der Waals surface area contributed by atoms with Crippen molar-refractivity contribution in [3.05, 3.63) is 23.4 Å². The molecule has 0 aliphatic carbocycles. The molecule has 0 aromatic carbocycles. The van der Waals surface area contributed by atoms with Crippen LogP contribution >= 0.6 is 12.2 Å². The van der Waals surface area contributed by atoms with Crippen LogP contribution in [0.4, 0.5) is 5.82 Å². The summed E-state index contributed by atoms with van der Waals surface area (Å²) < 4.78 is 0. The van der Waals surface area contributed by atoms with Gasteiger partial charge in [-0.05, 0) is 37.8 Å². The highest BCUT2D eigenvalue weighted by atomic mass is 32.1. The Morgan fingerprint density at radius 2 is 2.22 bits per heavy atom. The van der Waals surface area contributed by atoms with E-state index in [1.54, 1.807) is 0 Å². The average molecular weight is 263 g/mol.